The third kappa shape index (κ3) is 2.05. The molecule has 0 aliphatic heterocycles. The third-order valence-corrected chi connectivity index (χ3v) is 4.70. The monoisotopic (exact) mass is 309 g/mol. The van der Waals surface area contributed by atoms with E-state index in [1.54, 1.807) is 4.68 Å². The molecule has 1 aromatic carbocycles. The van der Waals surface area contributed by atoms with E-state index in [1.807, 2.05) is 44.3 Å². The summed E-state index contributed by atoms with van der Waals surface area (Å²) in [7, 11) is 1.86. The van der Waals surface area contributed by atoms with Gasteiger partial charge in [0, 0.05) is 7.05 Å². The first-order valence-corrected chi connectivity index (χ1v) is 7.92. The summed E-state index contributed by atoms with van der Waals surface area (Å²) < 4.78 is 1.74. The summed E-state index contributed by atoms with van der Waals surface area (Å²) in [6, 6.07) is 9.98. The summed E-state index contributed by atoms with van der Waals surface area (Å²) in [6.07, 6.45) is 2.56. The lowest BCUT2D eigenvalue weighted by Gasteiger charge is -2.15. The summed E-state index contributed by atoms with van der Waals surface area (Å²) in [5, 5.41) is 15.6. The topological polar surface area (TPSA) is 75.6 Å². The molecule has 3 aromatic rings. The fourth-order valence-corrected chi connectivity index (χ4v) is 3.22. The molecule has 118 valence electrons. The molecule has 1 amide bonds. The first kappa shape index (κ1) is 14.0. The summed E-state index contributed by atoms with van der Waals surface area (Å²) in [5.41, 5.74) is 2.39. The van der Waals surface area contributed by atoms with Gasteiger partial charge in [-0.1, -0.05) is 37.3 Å². The van der Waals surface area contributed by atoms with Gasteiger partial charge in [0.05, 0.1) is 16.5 Å². The van der Waals surface area contributed by atoms with Crippen LogP contribution in [-0.2, 0) is 23.7 Å². The molecule has 2 N–H and O–H groups in total. The summed E-state index contributed by atoms with van der Waals surface area (Å²) >= 11 is 0. The van der Waals surface area contributed by atoms with Crippen LogP contribution in [0.4, 0.5) is 5.82 Å². The molecule has 1 fully saturated rings. The van der Waals surface area contributed by atoms with Crippen molar-refractivity contribution in [2.75, 3.05) is 5.32 Å². The second-order valence-electron chi connectivity index (χ2n) is 6.12. The number of carbonyl (C=O) groups is 1. The molecule has 4 rings (SSSR count). The zero-order chi connectivity index (χ0) is 16.0. The van der Waals surface area contributed by atoms with Gasteiger partial charge in [-0.15, -0.1) is 0 Å². The van der Waals surface area contributed by atoms with Crippen LogP contribution < -0.4 is 5.32 Å². The molecule has 2 aromatic heterocycles. The van der Waals surface area contributed by atoms with E-state index in [9.17, 15) is 4.79 Å². The van der Waals surface area contributed by atoms with Gasteiger partial charge in [0.1, 0.15) is 5.82 Å². The first-order valence-electron chi connectivity index (χ1n) is 7.92. The Kier molecular flexibility index (Phi) is 3.01. The maximum atomic E-state index is 12.9. The highest BCUT2D eigenvalue weighted by Crippen LogP contribution is 2.49. The van der Waals surface area contributed by atoms with Crippen LogP contribution >= 0.6 is 0 Å². The molecular formula is C17H19N5O. The largest absolute Gasteiger partial charge is 0.310 e. The number of H-pyrrole nitrogens is 1. The molecule has 6 heteroatoms. The SMILES string of the molecule is CCc1nn(C)c2n[nH]c(NC(=O)C3(c4ccccc4)CC3)c12. The van der Waals surface area contributed by atoms with E-state index in [-0.39, 0.29) is 5.91 Å². The number of carbonyl (C=O) groups excluding carboxylic acids is 1. The average molecular weight is 309 g/mol. The molecule has 6 nitrogen and oxygen atoms in total. The molecule has 0 radical (unpaired) electrons. The maximum absolute atomic E-state index is 12.9. The van der Waals surface area contributed by atoms with Gasteiger partial charge < -0.3 is 5.32 Å². The fourth-order valence-electron chi connectivity index (χ4n) is 3.22. The zero-order valence-electron chi connectivity index (χ0n) is 13.3. The van der Waals surface area contributed by atoms with Crippen molar-refractivity contribution in [3.8, 4) is 0 Å². The predicted molar refractivity (Wildman–Crippen MR) is 88.2 cm³/mol. The molecule has 0 unspecified atom stereocenters. The molecular weight excluding hydrogens is 290 g/mol. The summed E-state index contributed by atoms with van der Waals surface area (Å²) in [4.78, 5) is 12.9. The molecule has 2 heterocycles. The number of rotatable bonds is 4. The van der Waals surface area contributed by atoms with Crippen molar-refractivity contribution in [2.45, 2.75) is 31.6 Å². The Morgan fingerprint density at radius 3 is 2.74 bits per heavy atom. The molecule has 1 aliphatic carbocycles. The second kappa shape index (κ2) is 4.94. The van der Waals surface area contributed by atoms with Crippen LogP contribution in [-0.4, -0.2) is 25.9 Å². The van der Waals surface area contributed by atoms with Crippen molar-refractivity contribution < 1.29 is 4.79 Å². The average Bonchev–Trinajstić information content (AvgIpc) is 3.20. The minimum Gasteiger partial charge on any atom is -0.310 e. The molecule has 23 heavy (non-hydrogen) atoms. The number of fused-ring (bicyclic) bond motifs is 1. The fraction of sp³-hybridized carbons (Fsp3) is 0.353. The number of aryl methyl sites for hydroxylation is 2. The number of aromatic amines is 1. The van der Waals surface area contributed by atoms with Crippen LogP contribution in [0.3, 0.4) is 0 Å². The second-order valence-corrected chi connectivity index (χ2v) is 6.12. The number of anilines is 1. The summed E-state index contributed by atoms with van der Waals surface area (Å²) in [6.45, 7) is 2.05. The normalized spacial score (nSPS) is 15.7. The van der Waals surface area contributed by atoms with Gasteiger partial charge >= 0.3 is 0 Å². The zero-order valence-corrected chi connectivity index (χ0v) is 13.3. The van der Waals surface area contributed by atoms with Crippen molar-refractivity contribution in [3.63, 3.8) is 0 Å². The molecule has 0 saturated heterocycles. The minimum atomic E-state index is -0.396. The first-order chi connectivity index (χ1) is 11.2. The Morgan fingerprint density at radius 2 is 2.09 bits per heavy atom. The number of aromatic nitrogens is 4. The number of benzene rings is 1. The number of nitrogens with one attached hydrogen (secondary N) is 2. The van der Waals surface area contributed by atoms with Crippen molar-refractivity contribution in [1.82, 2.24) is 20.0 Å². The van der Waals surface area contributed by atoms with Gasteiger partial charge in [0.2, 0.25) is 5.91 Å². The highest BCUT2D eigenvalue weighted by atomic mass is 16.2. The highest BCUT2D eigenvalue weighted by Gasteiger charge is 2.51. The van der Waals surface area contributed by atoms with Crippen molar-refractivity contribution >= 4 is 22.8 Å². The van der Waals surface area contributed by atoms with E-state index in [0.717, 1.165) is 41.6 Å². The van der Waals surface area contributed by atoms with Gasteiger partial charge in [0.25, 0.3) is 0 Å². The Hall–Kier alpha value is -2.63. The minimum absolute atomic E-state index is 0.0279. The lowest BCUT2D eigenvalue weighted by atomic mass is 9.95. The van der Waals surface area contributed by atoms with Gasteiger partial charge in [0.15, 0.2) is 5.65 Å². The third-order valence-electron chi connectivity index (χ3n) is 4.70. The smallest absolute Gasteiger partial charge is 0.236 e. The molecule has 1 aliphatic rings. The molecule has 0 bridgehead atoms. The van der Waals surface area contributed by atoms with E-state index in [0.29, 0.717) is 5.82 Å². The molecule has 1 saturated carbocycles. The number of amides is 1. The van der Waals surface area contributed by atoms with E-state index >= 15 is 0 Å². The van der Waals surface area contributed by atoms with Gasteiger partial charge in [-0.3, -0.25) is 9.89 Å². The lowest BCUT2D eigenvalue weighted by Crippen LogP contribution is -2.28. The van der Waals surface area contributed by atoms with Crippen LogP contribution in [0.2, 0.25) is 0 Å². The van der Waals surface area contributed by atoms with Crippen molar-refractivity contribution in [2.24, 2.45) is 7.05 Å². The van der Waals surface area contributed by atoms with Gasteiger partial charge in [-0.05, 0) is 24.8 Å². The number of hydrogen-bond donors (Lipinski definition) is 2. The molecule has 0 spiro atoms. The van der Waals surface area contributed by atoms with E-state index in [4.69, 9.17) is 0 Å². The standard InChI is InChI=1S/C17H19N5O/c1-3-12-13-14(19-20-15(13)22(2)21-12)18-16(23)17(9-10-17)11-7-5-4-6-8-11/h4-8H,3,9-10H2,1-2H3,(H2,18,19,20,23). The lowest BCUT2D eigenvalue weighted by molar-refractivity contribution is -0.118. The van der Waals surface area contributed by atoms with Crippen LogP contribution in [0.25, 0.3) is 11.0 Å². The van der Waals surface area contributed by atoms with Gasteiger partial charge in [-0.2, -0.15) is 10.2 Å². The Labute approximate surface area is 133 Å². The Morgan fingerprint density at radius 1 is 1.35 bits per heavy atom. The van der Waals surface area contributed by atoms with E-state index in [2.05, 4.69) is 20.6 Å². The van der Waals surface area contributed by atoms with Crippen LogP contribution in [0.1, 0.15) is 31.0 Å². The van der Waals surface area contributed by atoms with Crippen molar-refractivity contribution in [3.05, 3.63) is 41.6 Å². The van der Waals surface area contributed by atoms with Crippen LogP contribution in [0, 0.1) is 0 Å². The highest BCUT2D eigenvalue weighted by molar-refractivity contribution is 6.05. The maximum Gasteiger partial charge on any atom is 0.236 e. The Bertz CT molecular complexity index is 873. The van der Waals surface area contributed by atoms with Crippen molar-refractivity contribution in [1.29, 1.82) is 0 Å². The number of hydrogen-bond acceptors (Lipinski definition) is 3. The van der Waals surface area contributed by atoms with E-state index in [1.165, 1.54) is 0 Å². The van der Waals surface area contributed by atoms with Gasteiger partial charge in [-0.25, -0.2) is 4.68 Å². The number of nitrogens with zero attached hydrogens (tertiary/aromatic N) is 3. The molecule has 0 atom stereocenters. The van der Waals surface area contributed by atoms with E-state index < -0.39 is 5.41 Å². The Balaban J connectivity index is 1.68. The summed E-state index contributed by atoms with van der Waals surface area (Å²) in [5.74, 6) is 0.678. The predicted octanol–water partition coefficient (Wildman–Crippen LogP) is 2.53. The van der Waals surface area contributed by atoms with Crippen LogP contribution in [0.5, 0.6) is 0 Å². The van der Waals surface area contributed by atoms with Crippen LogP contribution in [0.15, 0.2) is 30.3 Å². The quantitative estimate of drug-likeness (QED) is 0.777.